The van der Waals surface area contributed by atoms with Gasteiger partial charge in [0.05, 0.1) is 20.8 Å². The molecule has 0 spiro atoms. The summed E-state index contributed by atoms with van der Waals surface area (Å²) in [5.74, 6) is -0.475. The molecular formula is C9H9Cl3N2O. The molecule has 0 aromatic heterocycles. The van der Waals surface area contributed by atoms with Crippen LogP contribution in [-0.2, 0) is 4.79 Å². The van der Waals surface area contributed by atoms with Crippen LogP contribution in [0.1, 0.15) is 6.92 Å². The summed E-state index contributed by atoms with van der Waals surface area (Å²) in [7, 11) is 0. The highest BCUT2D eigenvalue weighted by Gasteiger charge is 2.11. The van der Waals surface area contributed by atoms with Gasteiger partial charge in [0.15, 0.2) is 0 Å². The molecule has 3 nitrogen and oxygen atoms in total. The minimum Gasteiger partial charge on any atom is -0.373 e. The number of rotatable bonds is 3. The van der Waals surface area contributed by atoms with Crippen LogP contribution in [0.15, 0.2) is 12.1 Å². The minimum atomic E-state index is -0.528. The Balaban J connectivity index is 2.95. The van der Waals surface area contributed by atoms with Crippen molar-refractivity contribution in [3.8, 4) is 0 Å². The summed E-state index contributed by atoms with van der Waals surface area (Å²) in [6.45, 7) is 1.63. The van der Waals surface area contributed by atoms with Gasteiger partial charge in [0, 0.05) is 0 Å². The molecule has 1 amide bonds. The maximum Gasteiger partial charge on any atom is 0.239 e. The average molecular weight is 268 g/mol. The fourth-order valence-corrected chi connectivity index (χ4v) is 1.54. The topological polar surface area (TPSA) is 55.1 Å². The van der Waals surface area contributed by atoms with Crippen LogP contribution in [0.3, 0.4) is 0 Å². The highest BCUT2D eigenvalue weighted by Crippen LogP contribution is 2.32. The van der Waals surface area contributed by atoms with Crippen LogP contribution in [0.2, 0.25) is 15.1 Å². The molecule has 3 N–H and O–H groups in total. The maximum absolute atomic E-state index is 10.8. The maximum atomic E-state index is 10.8. The standard InChI is InChI=1S/C9H9Cl3N2O/c1-4(9(13)15)14-8-3-6(11)5(10)2-7(8)12/h2-4,14H,1H3,(H2,13,15). The Labute approximate surface area is 102 Å². The molecule has 0 aliphatic rings. The molecule has 0 fully saturated rings. The number of carbonyl (C=O) groups is 1. The van der Waals surface area contributed by atoms with E-state index in [0.29, 0.717) is 20.8 Å². The second-order valence-corrected chi connectivity index (χ2v) is 4.24. The number of carbonyl (C=O) groups excluding carboxylic acids is 1. The highest BCUT2D eigenvalue weighted by molar-refractivity contribution is 6.44. The Morgan fingerprint density at radius 1 is 1.27 bits per heavy atom. The molecular weight excluding hydrogens is 258 g/mol. The van der Waals surface area contributed by atoms with Gasteiger partial charge in [-0.2, -0.15) is 0 Å². The summed E-state index contributed by atoms with van der Waals surface area (Å²) in [4.78, 5) is 10.8. The van der Waals surface area contributed by atoms with Crippen LogP contribution in [-0.4, -0.2) is 11.9 Å². The largest absolute Gasteiger partial charge is 0.373 e. The van der Waals surface area contributed by atoms with Gasteiger partial charge in [-0.1, -0.05) is 34.8 Å². The summed E-state index contributed by atoms with van der Waals surface area (Å²) in [6.07, 6.45) is 0. The zero-order valence-electron chi connectivity index (χ0n) is 7.85. The Kier molecular flexibility index (Phi) is 4.08. The van der Waals surface area contributed by atoms with E-state index < -0.39 is 11.9 Å². The van der Waals surface area contributed by atoms with Gasteiger partial charge in [-0.25, -0.2) is 0 Å². The monoisotopic (exact) mass is 266 g/mol. The predicted octanol–water partition coefficient (Wildman–Crippen LogP) is 2.93. The summed E-state index contributed by atoms with van der Waals surface area (Å²) < 4.78 is 0. The van der Waals surface area contributed by atoms with Crippen molar-refractivity contribution in [2.45, 2.75) is 13.0 Å². The number of halogens is 3. The number of amides is 1. The van der Waals surface area contributed by atoms with E-state index in [1.807, 2.05) is 0 Å². The number of anilines is 1. The van der Waals surface area contributed by atoms with E-state index in [2.05, 4.69) is 5.32 Å². The zero-order chi connectivity index (χ0) is 11.6. The van der Waals surface area contributed by atoms with Crippen LogP contribution in [0, 0.1) is 0 Å². The van der Waals surface area contributed by atoms with Crippen molar-refractivity contribution in [1.29, 1.82) is 0 Å². The van der Waals surface area contributed by atoms with Gasteiger partial charge in [-0.3, -0.25) is 4.79 Å². The Bertz CT molecular complexity index is 395. The molecule has 0 saturated carbocycles. The third kappa shape index (κ3) is 3.16. The van der Waals surface area contributed by atoms with E-state index in [9.17, 15) is 4.79 Å². The van der Waals surface area contributed by atoms with E-state index in [1.54, 1.807) is 13.0 Å². The first-order valence-electron chi connectivity index (χ1n) is 4.12. The first-order chi connectivity index (χ1) is 6.91. The van der Waals surface area contributed by atoms with Gasteiger partial charge in [-0.15, -0.1) is 0 Å². The third-order valence-electron chi connectivity index (χ3n) is 1.81. The molecule has 1 aromatic rings. The van der Waals surface area contributed by atoms with Crippen molar-refractivity contribution in [1.82, 2.24) is 0 Å². The molecule has 6 heteroatoms. The van der Waals surface area contributed by atoms with Gasteiger partial charge in [0.1, 0.15) is 6.04 Å². The Hall–Kier alpha value is -0.640. The second-order valence-electron chi connectivity index (χ2n) is 3.01. The van der Waals surface area contributed by atoms with E-state index in [-0.39, 0.29) is 0 Å². The molecule has 0 aliphatic carbocycles. The van der Waals surface area contributed by atoms with Gasteiger partial charge < -0.3 is 11.1 Å². The molecule has 0 aliphatic heterocycles. The molecule has 1 rings (SSSR count). The van der Waals surface area contributed by atoms with Crippen molar-refractivity contribution in [3.05, 3.63) is 27.2 Å². The molecule has 82 valence electrons. The van der Waals surface area contributed by atoms with E-state index in [0.717, 1.165) is 0 Å². The molecule has 0 bridgehead atoms. The summed E-state index contributed by atoms with van der Waals surface area (Å²) >= 11 is 17.4. The first kappa shape index (κ1) is 12.4. The number of nitrogens with one attached hydrogen (secondary N) is 1. The van der Waals surface area contributed by atoms with Gasteiger partial charge >= 0.3 is 0 Å². The van der Waals surface area contributed by atoms with Gasteiger partial charge in [0.25, 0.3) is 0 Å². The lowest BCUT2D eigenvalue weighted by Gasteiger charge is -2.13. The lowest BCUT2D eigenvalue weighted by atomic mass is 10.2. The van der Waals surface area contributed by atoms with Crippen LogP contribution >= 0.6 is 34.8 Å². The average Bonchev–Trinajstić information content (AvgIpc) is 2.13. The SMILES string of the molecule is CC(Nc1cc(Cl)c(Cl)cc1Cl)C(N)=O. The fraction of sp³-hybridized carbons (Fsp3) is 0.222. The summed E-state index contributed by atoms with van der Waals surface area (Å²) in [5, 5.41) is 3.94. The zero-order valence-corrected chi connectivity index (χ0v) is 10.1. The molecule has 1 unspecified atom stereocenters. The molecule has 15 heavy (non-hydrogen) atoms. The normalized spacial score (nSPS) is 12.3. The van der Waals surface area contributed by atoms with E-state index in [1.165, 1.54) is 6.07 Å². The van der Waals surface area contributed by atoms with Gasteiger partial charge in [-0.05, 0) is 19.1 Å². The van der Waals surface area contributed by atoms with Crippen LogP contribution in [0.5, 0.6) is 0 Å². The lowest BCUT2D eigenvalue weighted by Crippen LogP contribution is -2.32. The fourth-order valence-electron chi connectivity index (χ4n) is 0.938. The number of primary amides is 1. The highest BCUT2D eigenvalue weighted by atomic mass is 35.5. The molecule has 0 saturated heterocycles. The van der Waals surface area contributed by atoms with Crippen molar-refractivity contribution < 1.29 is 4.79 Å². The number of nitrogens with two attached hydrogens (primary N) is 1. The first-order valence-corrected chi connectivity index (χ1v) is 5.25. The Morgan fingerprint density at radius 2 is 1.80 bits per heavy atom. The van der Waals surface area contributed by atoms with Crippen molar-refractivity contribution in [2.75, 3.05) is 5.32 Å². The predicted molar refractivity (Wildman–Crippen MR) is 63.8 cm³/mol. The van der Waals surface area contributed by atoms with Crippen LogP contribution in [0.4, 0.5) is 5.69 Å². The van der Waals surface area contributed by atoms with Crippen molar-refractivity contribution >= 4 is 46.4 Å². The van der Waals surface area contributed by atoms with Crippen LogP contribution in [0.25, 0.3) is 0 Å². The number of benzene rings is 1. The molecule has 0 heterocycles. The summed E-state index contributed by atoms with van der Waals surface area (Å²) in [6, 6.07) is 2.52. The van der Waals surface area contributed by atoms with Gasteiger partial charge in [0.2, 0.25) is 5.91 Å². The quantitative estimate of drug-likeness (QED) is 0.827. The second kappa shape index (κ2) is 4.92. The minimum absolute atomic E-state index is 0.360. The number of hydrogen-bond donors (Lipinski definition) is 2. The molecule has 0 radical (unpaired) electrons. The van der Waals surface area contributed by atoms with Crippen molar-refractivity contribution in [3.63, 3.8) is 0 Å². The van der Waals surface area contributed by atoms with E-state index >= 15 is 0 Å². The summed E-state index contributed by atoms with van der Waals surface area (Å²) in [5.41, 5.74) is 5.62. The lowest BCUT2D eigenvalue weighted by molar-refractivity contribution is -0.118. The molecule has 1 atom stereocenters. The Morgan fingerprint density at radius 3 is 2.33 bits per heavy atom. The van der Waals surface area contributed by atoms with Crippen molar-refractivity contribution in [2.24, 2.45) is 5.73 Å². The molecule has 1 aromatic carbocycles. The number of hydrogen-bond acceptors (Lipinski definition) is 2. The third-order valence-corrected chi connectivity index (χ3v) is 2.84. The smallest absolute Gasteiger partial charge is 0.239 e. The van der Waals surface area contributed by atoms with E-state index in [4.69, 9.17) is 40.5 Å². The van der Waals surface area contributed by atoms with Crippen LogP contribution < -0.4 is 11.1 Å².